The number of nitrogens with zero attached hydrogens (tertiary/aromatic N) is 3. The van der Waals surface area contributed by atoms with Gasteiger partial charge in [-0.15, -0.1) is 10.2 Å². The molecule has 0 spiro atoms. The van der Waals surface area contributed by atoms with Crippen molar-refractivity contribution in [2.24, 2.45) is 0 Å². The lowest BCUT2D eigenvalue weighted by molar-refractivity contribution is -0.113. The first kappa shape index (κ1) is 23.5. The van der Waals surface area contributed by atoms with Crippen LogP contribution in [0.1, 0.15) is 40.4 Å². The predicted octanol–water partition coefficient (Wildman–Crippen LogP) is 3.81. The third-order valence-electron chi connectivity index (χ3n) is 4.51. The summed E-state index contributed by atoms with van der Waals surface area (Å²) in [5, 5.41) is 15.0. The molecular weight excluding hydrogens is 450 g/mol. The summed E-state index contributed by atoms with van der Waals surface area (Å²) in [6.45, 7) is 4.20. The maximum absolute atomic E-state index is 12.3. The van der Waals surface area contributed by atoms with Gasteiger partial charge in [0.2, 0.25) is 5.91 Å². The molecule has 2 aromatic carbocycles. The molecule has 0 saturated heterocycles. The molecule has 32 heavy (non-hydrogen) atoms. The fourth-order valence-corrected chi connectivity index (χ4v) is 3.83. The number of ketones is 1. The summed E-state index contributed by atoms with van der Waals surface area (Å²) < 4.78 is 1.84. The highest BCUT2D eigenvalue weighted by molar-refractivity contribution is 7.99. The number of anilines is 1. The first-order valence-electron chi connectivity index (χ1n) is 9.87. The molecule has 0 unspecified atom stereocenters. The molecule has 3 rings (SSSR count). The normalized spacial score (nSPS) is 10.6. The van der Waals surface area contributed by atoms with Gasteiger partial charge in [0, 0.05) is 28.4 Å². The number of aromatic nitrogens is 3. The number of hydrogen-bond acceptors (Lipinski definition) is 6. The predicted molar refractivity (Wildman–Crippen MR) is 124 cm³/mol. The zero-order chi connectivity index (χ0) is 23.1. The molecular formula is C22H22ClN5O3S. The molecule has 0 radical (unpaired) electrons. The van der Waals surface area contributed by atoms with Gasteiger partial charge in [-0.1, -0.05) is 35.5 Å². The Morgan fingerprint density at radius 2 is 1.81 bits per heavy atom. The highest BCUT2D eigenvalue weighted by atomic mass is 35.5. The van der Waals surface area contributed by atoms with Crippen LogP contribution in [0, 0.1) is 0 Å². The Kier molecular flexibility index (Phi) is 8.02. The van der Waals surface area contributed by atoms with Crippen LogP contribution in [0.25, 0.3) is 0 Å². The second-order valence-corrected chi connectivity index (χ2v) is 8.19. The maximum Gasteiger partial charge on any atom is 0.251 e. The average molecular weight is 472 g/mol. The van der Waals surface area contributed by atoms with Crippen molar-refractivity contribution < 1.29 is 14.4 Å². The second-order valence-electron chi connectivity index (χ2n) is 6.81. The Morgan fingerprint density at radius 1 is 1.06 bits per heavy atom. The van der Waals surface area contributed by atoms with Gasteiger partial charge in [0.05, 0.1) is 12.3 Å². The summed E-state index contributed by atoms with van der Waals surface area (Å²) in [6, 6.07) is 13.4. The maximum atomic E-state index is 12.3. The van der Waals surface area contributed by atoms with E-state index in [9.17, 15) is 14.4 Å². The van der Waals surface area contributed by atoms with E-state index in [2.05, 4.69) is 20.8 Å². The van der Waals surface area contributed by atoms with E-state index >= 15 is 0 Å². The molecule has 1 heterocycles. The summed E-state index contributed by atoms with van der Waals surface area (Å²) >= 11 is 7.10. The van der Waals surface area contributed by atoms with Crippen molar-refractivity contribution in [1.82, 2.24) is 20.1 Å². The fourth-order valence-electron chi connectivity index (χ4n) is 2.88. The summed E-state index contributed by atoms with van der Waals surface area (Å²) in [5.41, 5.74) is 1.59. The Bertz CT molecular complexity index is 1130. The van der Waals surface area contributed by atoms with Crippen molar-refractivity contribution in [1.29, 1.82) is 0 Å². The molecule has 0 aliphatic heterocycles. The van der Waals surface area contributed by atoms with Crippen molar-refractivity contribution in [2.45, 2.75) is 32.1 Å². The van der Waals surface area contributed by atoms with E-state index in [1.165, 1.54) is 18.7 Å². The highest BCUT2D eigenvalue weighted by Crippen LogP contribution is 2.18. The third-order valence-corrected chi connectivity index (χ3v) is 5.73. The van der Waals surface area contributed by atoms with Crippen molar-refractivity contribution in [3.05, 3.63) is 70.5 Å². The number of carbonyl (C=O) groups is 3. The molecule has 0 aliphatic rings. The topological polar surface area (TPSA) is 106 Å². The SMILES string of the molecule is CCn1c(CNC(=O)c2ccc(Cl)cc2)nnc1SCC(=O)Nc1cccc(C(C)=O)c1. The lowest BCUT2D eigenvalue weighted by atomic mass is 10.1. The number of Topliss-reactive ketones (excluding diaryl/α,β-unsaturated/α-hetero) is 1. The van der Waals surface area contributed by atoms with E-state index < -0.39 is 0 Å². The highest BCUT2D eigenvalue weighted by Gasteiger charge is 2.15. The minimum Gasteiger partial charge on any atom is -0.345 e. The summed E-state index contributed by atoms with van der Waals surface area (Å²) in [4.78, 5) is 36.1. The number of rotatable bonds is 9. The smallest absolute Gasteiger partial charge is 0.251 e. The Balaban J connectivity index is 1.56. The Labute approximate surface area is 194 Å². The van der Waals surface area contributed by atoms with E-state index in [0.717, 1.165) is 0 Å². The van der Waals surface area contributed by atoms with Gasteiger partial charge in [0.15, 0.2) is 16.8 Å². The molecule has 0 fully saturated rings. The van der Waals surface area contributed by atoms with E-state index in [1.807, 2.05) is 11.5 Å². The van der Waals surface area contributed by atoms with Crippen LogP contribution in [0.5, 0.6) is 0 Å². The molecule has 3 aromatic rings. The van der Waals surface area contributed by atoms with Crippen LogP contribution in [0.4, 0.5) is 5.69 Å². The molecule has 166 valence electrons. The van der Waals surface area contributed by atoms with E-state index in [-0.39, 0.29) is 29.9 Å². The van der Waals surface area contributed by atoms with E-state index in [1.54, 1.807) is 48.5 Å². The van der Waals surface area contributed by atoms with Gasteiger partial charge in [-0.05, 0) is 50.2 Å². The molecule has 2 amide bonds. The number of carbonyl (C=O) groups excluding carboxylic acids is 3. The van der Waals surface area contributed by atoms with E-state index in [4.69, 9.17) is 11.6 Å². The largest absolute Gasteiger partial charge is 0.345 e. The Morgan fingerprint density at radius 3 is 2.50 bits per heavy atom. The molecule has 0 saturated carbocycles. The zero-order valence-corrected chi connectivity index (χ0v) is 19.2. The fraction of sp³-hybridized carbons (Fsp3) is 0.227. The summed E-state index contributed by atoms with van der Waals surface area (Å²) in [5.74, 6) is 0.182. The van der Waals surface area contributed by atoms with Gasteiger partial charge in [-0.25, -0.2) is 0 Å². The van der Waals surface area contributed by atoms with Gasteiger partial charge in [-0.3, -0.25) is 14.4 Å². The van der Waals surface area contributed by atoms with Crippen LogP contribution < -0.4 is 10.6 Å². The van der Waals surface area contributed by atoms with Crippen LogP contribution in [0.3, 0.4) is 0 Å². The lowest BCUT2D eigenvalue weighted by Gasteiger charge is -2.09. The molecule has 0 bridgehead atoms. The molecule has 8 nitrogen and oxygen atoms in total. The van der Waals surface area contributed by atoms with Crippen molar-refractivity contribution in [3.8, 4) is 0 Å². The molecule has 2 N–H and O–H groups in total. The number of hydrogen-bond donors (Lipinski definition) is 2. The van der Waals surface area contributed by atoms with Crippen LogP contribution in [-0.4, -0.2) is 38.1 Å². The molecule has 0 aliphatic carbocycles. The number of halogens is 1. The first-order valence-corrected chi connectivity index (χ1v) is 11.2. The van der Waals surface area contributed by atoms with Crippen LogP contribution in [0.15, 0.2) is 53.7 Å². The molecule has 10 heteroatoms. The van der Waals surface area contributed by atoms with Crippen LogP contribution in [-0.2, 0) is 17.9 Å². The number of nitrogens with one attached hydrogen (secondary N) is 2. The Hall–Kier alpha value is -3.17. The zero-order valence-electron chi connectivity index (χ0n) is 17.6. The third kappa shape index (κ3) is 6.18. The van der Waals surface area contributed by atoms with E-state index in [0.29, 0.717) is 39.4 Å². The summed E-state index contributed by atoms with van der Waals surface area (Å²) in [7, 11) is 0. The van der Waals surface area contributed by atoms with Gasteiger partial charge in [-0.2, -0.15) is 0 Å². The quantitative estimate of drug-likeness (QED) is 0.363. The summed E-state index contributed by atoms with van der Waals surface area (Å²) in [6.07, 6.45) is 0. The lowest BCUT2D eigenvalue weighted by Crippen LogP contribution is -2.24. The monoisotopic (exact) mass is 471 g/mol. The van der Waals surface area contributed by atoms with Gasteiger partial charge in [0.25, 0.3) is 5.91 Å². The number of benzene rings is 2. The van der Waals surface area contributed by atoms with Gasteiger partial charge >= 0.3 is 0 Å². The van der Waals surface area contributed by atoms with Crippen LogP contribution >= 0.6 is 23.4 Å². The average Bonchev–Trinajstić information content (AvgIpc) is 3.18. The molecule has 1 aromatic heterocycles. The van der Waals surface area contributed by atoms with Gasteiger partial charge in [0.1, 0.15) is 0 Å². The van der Waals surface area contributed by atoms with Crippen molar-refractivity contribution in [2.75, 3.05) is 11.1 Å². The second kappa shape index (κ2) is 10.9. The standard InChI is InChI=1S/C22H22ClN5O3S/c1-3-28-19(12-24-21(31)15-7-9-17(23)10-8-15)26-27-22(28)32-13-20(30)25-18-6-4-5-16(11-18)14(2)29/h4-11H,3,12-13H2,1-2H3,(H,24,31)(H,25,30). The van der Waals surface area contributed by atoms with Crippen molar-refractivity contribution in [3.63, 3.8) is 0 Å². The minimum absolute atomic E-state index is 0.0674. The van der Waals surface area contributed by atoms with Crippen LogP contribution in [0.2, 0.25) is 5.02 Å². The minimum atomic E-state index is -0.242. The van der Waals surface area contributed by atoms with Crippen molar-refractivity contribution >= 4 is 46.6 Å². The number of thioether (sulfide) groups is 1. The van der Waals surface area contributed by atoms with Gasteiger partial charge < -0.3 is 15.2 Å². The molecule has 0 atom stereocenters. The number of amides is 2. The first-order chi connectivity index (χ1) is 15.4.